The van der Waals surface area contributed by atoms with Gasteiger partial charge >= 0.3 is 17.8 Å². The number of ketones is 1. The van der Waals surface area contributed by atoms with Crippen LogP contribution in [-0.2, 0) is 25.5 Å². The summed E-state index contributed by atoms with van der Waals surface area (Å²) in [7, 11) is 2.50. The van der Waals surface area contributed by atoms with Gasteiger partial charge in [-0.1, -0.05) is 23.5 Å². The van der Waals surface area contributed by atoms with Gasteiger partial charge in [-0.2, -0.15) is 0 Å². The minimum Gasteiger partial charge on any atom is -0.507 e. The maximum Gasteiger partial charge on any atom is 0.350 e. The molecule has 200 valence electrons. The Morgan fingerprint density at radius 1 is 1.05 bits per heavy atom. The molecule has 2 aromatic carbocycles. The molecule has 0 unspecified atom stereocenters. The van der Waals surface area contributed by atoms with Gasteiger partial charge in [-0.25, -0.2) is 14.6 Å². The Bertz CT molecular complexity index is 1560. The van der Waals surface area contributed by atoms with Crippen LogP contribution in [0.15, 0.2) is 48.0 Å². The summed E-state index contributed by atoms with van der Waals surface area (Å²) in [6.45, 7) is 3.53. The van der Waals surface area contributed by atoms with Gasteiger partial charge in [0.1, 0.15) is 22.5 Å². The molecule has 2 aliphatic heterocycles. The van der Waals surface area contributed by atoms with Crippen molar-refractivity contribution in [3.05, 3.63) is 80.9 Å². The van der Waals surface area contributed by atoms with Crippen LogP contribution < -0.4 is 9.64 Å². The molecule has 1 fully saturated rings. The van der Waals surface area contributed by atoms with Crippen molar-refractivity contribution in [2.45, 2.75) is 32.4 Å². The van der Waals surface area contributed by atoms with Crippen molar-refractivity contribution < 1.29 is 38.5 Å². The number of aliphatic hydroxyl groups is 1. The highest BCUT2D eigenvalue weighted by Gasteiger charge is 2.48. The molecule has 1 N–H and O–H groups in total. The maximum absolute atomic E-state index is 13.5. The number of methoxy groups -OCH3 is 2. The molecular formula is C28H24N2O8S. The Morgan fingerprint density at radius 3 is 2.38 bits per heavy atom. The van der Waals surface area contributed by atoms with E-state index in [1.54, 1.807) is 37.3 Å². The van der Waals surface area contributed by atoms with Gasteiger partial charge in [-0.15, -0.1) is 0 Å². The number of nitrogens with zero attached hydrogens (tertiary/aromatic N) is 2. The number of anilines is 1. The van der Waals surface area contributed by atoms with Crippen LogP contribution in [0.3, 0.4) is 0 Å². The first-order valence-electron chi connectivity index (χ1n) is 12.0. The quantitative estimate of drug-likeness (QED) is 0.218. The molecule has 1 amide bonds. The summed E-state index contributed by atoms with van der Waals surface area (Å²) >= 11 is 0.904. The number of thiazole rings is 1. The lowest BCUT2D eigenvalue weighted by molar-refractivity contribution is -0.132. The molecule has 3 heterocycles. The van der Waals surface area contributed by atoms with Gasteiger partial charge in [-0.3, -0.25) is 14.5 Å². The second kappa shape index (κ2) is 9.99. The van der Waals surface area contributed by atoms with Crippen LogP contribution in [0.5, 0.6) is 5.75 Å². The Morgan fingerprint density at radius 2 is 1.72 bits per heavy atom. The van der Waals surface area contributed by atoms with Crippen LogP contribution in [0.25, 0.3) is 5.76 Å². The summed E-state index contributed by atoms with van der Waals surface area (Å²) in [6.07, 6.45) is 0.617. The SMILES string of the molecule is COC(=O)c1ccc([C@@H]2/C(=C(\O)c3ccc4c(c3)C[C@@H](C)O4)C(=O)C(=O)N2c2nc(C)c(C(=O)OC)s2)cc1. The van der Waals surface area contributed by atoms with Crippen LogP contribution in [0.1, 0.15) is 55.4 Å². The first-order chi connectivity index (χ1) is 18.6. The molecule has 39 heavy (non-hydrogen) atoms. The van der Waals surface area contributed by atoms with Crippen LogP contribution in [0, 0.1) is 6.92 Å². The third kappa shape index (κ3) is 4.44. The van der Waals surface area contributed by atoms with Crippen LogP contribution in [0.2, 0.25) is 0 Å². The monoisotopic (exact) mass is 548 g/mol. The highest BCUT2D eigenvalue weighted by atomic mass is 32.1. The van der Waals surface area contributed by atoms with E-state index >= 15 is 0 Å². The molecule has 11 heteroatoms. The fourth-order valence-electron chi connectivity index (χ4n) is 4.76. The van der Waals surface area contributed by atoms with E-state index in [4.69, 9.17) is 14.2 Å². The van der Waals surface area contributed by atoms with Gasteiger partial charge in [0, 0.05) is 12.0 Å². The van der Waals surface area contributed by atoms with E-state index in [1.165, 1.54) is 26.4 Å². The van der Waals surface area contributed by atoms with E-state index < -0.39 is 29.7 Å². The topological polar surface area (TPSA) is 132 Å². The number of rotatable bonds is 5. The van der Waals surface area contributed by atoms with E-state index in [0.717, 1.165) is 21.8 Å². The molecule has 5 rings (SSSR count). The van der Waals surface area contributed by atoms with Crippen molar-refractivity contribution >= 4 is 45.9 Å². The summed E-state index contributed by atoms with van der Waals surface area (Å²) in [5.41, 5.74) is 2.11. The van der Waals surface area contributed by atoms with E-state index in [0.29, 0.717) is 29.0 Å². The van der Waals surface area contributed by atoms with Gasteiger partial charge in [0.25, 0.3) is 5.78 Å². The van der Waals surface area contributed by atoms with Crippen molar-refractivity contribution in [2.24, 2.45) is 0 Å². The minimum atomic E-state index is -1.09. The van der Waals surface area contributed by atoms with Crippen molar-refractivity contribution in [1.82, 2.24) is 4.98 Å². The number of aromatic nitrogens is 1. The number of ether oxygens (including phenoxy) is 3. The zero-order chi connectivity index (χ0) is 28.0. The van der Waals surface area contributed by atoms with Crippen molar-refractivity contribution in [1.29, 1.82) is 0 Å². The highest BCUT2D eigenvalue weighted by molar-refractivity contribution is 7.17. The van der Waals surface area contributed by atoms with Gasteiger partial charge in [0.05, 0.1) is 37.1 Å². The second-order valence-electron chi connectivity index (χ2n) is 9.14. The van der Waals surface area contributed by atoms with E-state index in [-0.39, 0.29) is 33.0 Å². The number of benzene rings is 2. The molecule has 0 aliphatic carbocycles. The van der Waals surface area contributed by atoms with E-state index in [1.807, 2.05) is 6.92 Å². The normalized spacial score (nSPS) is 19.5. The summed E-state index contributed by atoms with van der Waals surface area (Å²) in [4.78, 5) is 56.8. The third-order valence-corrected chi connectivity index (χ3v) is 7.76. The number of esters is 2. The number of hydrogen-bond donors (Lipinski definition) is 1. The molecular weight excluding hydrogens is 524 g/mol. The third-order valence-electron chi connectivity index (χ3n) is 6.62. The van der Waals surface area contributed by atoms with Crippen LogP contribution >= 0.6 is 11.3 Å². The Hall–Kier alpha value is -4.51. The Kier molecular flexibility index (Phi) is 6.69. The summed E-state index contributed by atoms with van der Waals surface area (Å²) < 4.78 is 15.3. The van der Waals surface area contributed by atoms with Gasteiger partial charge < -0.3 is 19.3 Å². The average Bonchev–Trinajstić information content (AvgIpc) is 3.59. The molecule has 0 bridgehead atoms. The van der Waals surface area contributed by atoms with Crippen molar-refractivity contribution in [3.63, 3.8) is 0 Å². The predicted octanol–water partition coefficient (Wildman–Crippen LogP) is 3.97. The van der Waals surface area contributed by atoms with Crippen molar-refractivity contribution in [3.8, 4) is 5.75 Å². The zero-order valence-electron chi connectivity index (χ0n) is 21.5. The summed E-state index contributed by atoms with van der Waals surface area (Å²) in [5.74, 6) is -2.66. The number of carbonyl (C=O) groups excluding carboxylic acids is 4. The fourth-order valence-corrected chi connectivity index (χ4v) is 5.77. The number of aliphatic hydroxyl groups excluding tert-OH is 1. The number of fused-ring (bicyclic) bond motifs is 1. The Labute approximate surface area is 227 Å². The molecule has 2 atom stereocenters. The number of aryl methyl sites for hydroxylation is 1. The largest absolute Gasteiger partial charge is 0.507 e. The first kappa shape index (κ1) is 26.1. The summed E-state index contributed by atoms with van der Waals surface area (Å²) in [6, 6.07) is 10.1. The smallest absolute Gasteiger partial charge is 0.350 e. The van der Waals surface area contributed by atoms with Crippen LogP contribution in [-0.4, -0.2) is 54.0 Å². The zero-order valence-corrected chi connectivity index (χ0v) is 22.3. The lowest BCUT2D eigenvalue weighted by Crippen LogP contribution is -2.29. The average molecular weight is 549 g/mol. The minimum absolute atomic E-state index is 0.0200. The molecule has 1 aromatic heterocycles. The molecule has 2 aliphatic rings. The first-order valence-corrected chi connectivity index (χ1v) is 12.8. The number of hydrogen-bond acceptors (Lipinski definition) is 10. The lowest BCUT2D eigenvalue weighted by Gasteiger charge is -2.23. The lowest BCUT2D eigenvalue weighted by atomic mass is 9.94. The molecule has 1 saturated heterocycles. The maximum atomic E-state index is 13.5. The van der Waals surface area contributed by atoms with Gasteiger partial charge in [-0.05, 0) is 55.3 Å². The number of carbonyl (C=O) groups is 4. The van der Waals surface area contributed by atoms with E-state index in [2.05, 4.69) is 4.98 Å². The van der Waals surface area contributed by atoms with Gasteiger partial charge in [0.2, 0.25) is 0 Å². The van der Waals surface area contributed by atoms with Crippen molar-refractivity contribution in [2.75, 3.05) is 19.1 Å². The predicted molar refractivity (Wildman–Crippen MR) is 141 cm³/mol. The Balaban J connectivity index is 1.68. The fraction of sp³-hybridized carbons (Fsp3) is 0.250. The second-order valence-corrected chi connectivity index (χ2v) is 10.1. The number of amides is 1. The standard InChI is InChI=1S/C28H24N2O8S/c1-13-11-18-12-17(9-10-19(18)38-13)22(31)20-21(15-5-7-16(8-6-15)26(34)36-3)30(25(33)23(20)32)28-29-14(2)24(39-28)27(35)37-4/h5-10,12-13,21,31H,11H2,1-4H3/b22-20+/t13-,21-/m1/s1. The molecule has 10 nitrogen and oxygen atoms in total. The molecule has 0 radical (unpaired) electrons. The summed E-state index contributed by atoms with van der Waals surface area (Å²) in [5, 5.41) is 11.5. The molecule has 3 aromatic rings. The highest BCUT2D eigenvalue weighted by Crippen LogP contribution is 2.44. The van der Waals surface area contributed by atoms with E-state index in [9.17, 15) is 24.3 Å². The van der Waals surface area contributed by atoms with Crippen LogP contribution in [0.4, 0.5) is 5.13 Å². The number of Topliss-reactive ketones (excluding diaryl/α,β-unsaturated/α-hetero) is 1. The molecule has 0 spiro atoms. The van der Waals surface area contributed by atoms with Gasteiger partial charge in [0.15, 0.2) is 5.13 Å². The molecule has 0 saturated carbocycles.